The van der Waals surface area contributed by atoms with Gasteiger partial charge in [-0.2, -0.15) is 17.5 Å². The second-order valence-electron chi connectivity index (χ2n) is 9.22. The Morgan fingerprint density at radius 1 is 1.00 bits per heavy atom. The van der Waals surface area contributed by atoms with Gasteiger partial charge in [0.15, 0.2) is 5.94 Å². The van der Waals surface area contributed by atoms with Crippen LogP contribution >= 0.6 is 0 Å². The molecule has 2 aromatic rings. The molecule has 37 heavy (non-hydrogen) atoms. The van der Waals surface area contributed by atoms with Crippen molar-refractivity contribution in [1.29, 1.82) is 0 Å². The zero-order valence-corrected chi connectivity index (χ0v) is 20.9. The van der Waals surface area contributed by atoms with Gasteiger partial charge in [-0.1, -0.05) is 18.2 Å². The number of ether oxygens (including phenoxy) is 1. The molecule has 4 rings (SSSR count). The van der Waals surface area contributed by atoms with Crippen molar-refractivity contribution in [2.75, 3.05) is 42.3 Å². The maximum absolute atomic E-state index is 13.2. The van der Waals surface area contributed by atoms with Crippen molar-refractivity contribution in [3.8, 4) is 0 Å². The van der Waals surface area contributed by atoms with Gasteiger partial charge in [-0.15, -0.1) is 0 Å². The van der Waals surface area contributed by atoms with Crippen molar-refractivity contribution >= 4 is 27.1 Å². The van der Waals surface area contributed by atoms with Crippen molar-refractivity contribution in [1.82, 2.24) is 4.31 Å². The number of nitrogens with zero attached hydrogens (tertiary/aromatic N) is 3. The zero-order chi connectivity index (χ0) is 26.6. The summed E-state index contributed by atoms with van der Waals surface area (Å²) >= 11 is 0. The minimum absolute atomic E-state index is 0.148. The van der Waals surface area contributed by atoms with Crippen LogP contribution < -0.4 is 10.2 Å². The van der Waals surface area contributed by atoms with Crippen LogP contribution in [-0.4, -0.2) is 61.9 Å². The van der Waals surface area contributed by atoms with Crippen molar-refractivity contribution in [2.24, 2.45) is 0 Å². The topological polar surface area (TPSA) is 105 Å². The van der Waals surface area contributed by atoms with E-state index >= 15 is 0 Å². The number of hydrogen-bond donors (Lipinski definition) is 1. The van der Waals surface area contributed by atoms with Crippen molar-refractivity contribution in [3.63, 3.8) is 0 Å². The molecular formula is C24H29F3N4O5S. The molecule has 2 aliphatic rings. The largest absolute Gasteiger partial charge is 0.423 e. The third kappa shape index (κ3) is 6.90. The average molecular weight is 543 g/mol. The summed E-state index contributed by atoms with van der Waals surface area (Å²) < 4.78 is 72.4. The van der Waals surface area contributed by atoms with E-state index in [2.05, 4.69) is 10.2 Å². The van der Waals surface area contributed by atoms with Gasteiger partial charge in [0.1, 0.15) is 5.56 Å². The molecule has 1 aliphatic heterocycles. The van der Waals surface area contributed by atoms with Crippen LogP contribution in [0.4, 0.5) is 30.2 Å². The summed E-state index contributed by atoms with van der Waals surface area (Å²) in [5.74, 6) is -0.404. The first-order valence-corrected chi connectivity index (χ1v) is 13.7. The van der Waals surface area contributed by atoms with Crippen LogP contribution in [0, 0.1) is 10.1 Å². The third-order valence-corrected chi connectivity index (χ3v) is 8.34. The third-order valence-electron chi connectivity index (χ3n) is 6.75. The van der Waals surface area contributed by atoms with Gasteiger partial charge in [0.2, 0.25) is 10.0 Å². The highest BCUT2D eigenvalue weighted by atomic mass is 32.2. The molecule has 9 nitrogen and oxygen atoms in total. The number of sulfonamides is 1. The van der Waals surface area contributed by atoms with E-state index in [1.54, 1.807) is 0 Å². The van der Waals surface area contributed by atoms with Crippen molar-refractivity contribution < 1.29 is 31.2 Å². The molecule has 2 fully saturated rings. The number of piperazine rings is 1. The number of benzene rings is 2. The van der Waals surface area contributed by atoms with E-state index in [0.29, 0.717) is 51.9 Å². The van der Waals surface area contributed by atoms with E-state index in [1.165, 1.54) is 10.4 Å². The Balaban J connectivity index is 1.24. The number of anilines is 2. The molecule has 0 bridgehead atoms. The lowest BCUT2D eigenvalue weighted by Gasteiger charge is -2.36. The molecule has 1 saturated heterocycles. The number of nitrogens with one attached hydrogen (secondary N) is 1. The van der Waals surface area contributed by atoms with Gasteiger partial charge >= 0.3 is 6.18 Å². The number of halogens is 3. The highest BCUT2D eigenvalue weighted by Gasteiger charge is 2.38. The molecule has 0 unspecified atom stereocenters. The summed E-state index contributed by atoms with van der Waals surface area (Å²) in [4.78, 5) is 12.0. The monoisotopic (exact) mass is 542 g/mol. The summed E-state index contributed by atoms with van der Waals surface area (Å²) in [6.45, 7) is 1.95. The van der Waals surface area contributed by atoms with Crippen LogP contribution in [0.1, 0.15) is 31.2 Å². The second kappa shape index (κ2) is 11.2. The van der Waals surface area contributed by atoms with Gasteiger partial charge in [0, 0.05) is 49.7 Å². The lowest BCUT2D eigenvalue weighted by molar-refractivity contribution is -0.388. The Bertz CT molecular complexity index is 1180. The fourth-order valence-corrected chi connectivity index (χ4v) is 5.97. The smallest absolute Gasteiger partial charge is 0.382 e. The lowest BCUT2D eigenvalue weighted by Crippen LogP contribution is -2.49. The summed E-state index contributed by atoms with van der Waals surface area (Å²) in [6.07, 6.45) is -2.87. The van der Waals surface area contributed by atoms with Crippen LogP contribution in [0.25, 0.3) is 0 Å². The number of rotatable bonds is 8. The molecule has 1 aliphatic carbocycles. The molecule has 2 aromatic carbocycles. The number of alkyl halides is 3. The van der Waals surface area contributed by atoms with Crippen LogP contribution in [0.2, 0.25) is 0 Å². The number of hydrogen-bond acceptors (Lipinski definition) is 7. The fraction of sp³-hybridized carbons (Fsp3) is 0.500. The minimum atomic E-state index is -4.84. The predicted octanol–water partition coefficient (Wildman–Crippen LogP) is 4.46. The molecule has 13 heteroatoms. The first kappa shape index (κ1) is 27.1. The van der Waals surface area contributed by atoms with E-state index < -0.39 is 38.3 Å². The lowest BCUT2D eigenvalue weighted by atomic mass is 9.92. The molecular weight excluding hydrogens is 513 g/mol. The number of para-hydroxylation sites is 1. The maximum Gasteiger partial charge on any atom is 0.423 e. The Hall–Kier alpha value is -2.90. The molecule has 1 heterocycles. The van der Waals surface area contributed by atoms with E-state index in [4.69, 9.17) is 4.74 Å². The molecule has 1 saturated carbocycles. The first-order chi connectivity index (χ1) is 17.5. The summed E-state index contributed by atoms with van der Waals surface area (Å²) in [5.41, 5.74) is -1.07. The van der Waals surface area contributed by atoms with Gasteiger partial charge in [0.25, 0.3) is 5.69 Å². The predicted molar refractivity (Wildman–Crippen MR) is 133 cm³/mol. The standard InChI is InChI=1S/C24H29F3N4O5S/c25-24(26,27)22-16-19(8-11-23(22)31(32)33)28-18-6-9-21(10-7-18)36-17-37(34,35)30-14-12-29(13-15-30)20-4-2-1-3-5-20/h1-5,8,11,16,18,21,28H,6-7,9-10,12-15,17H2/t18-,21-. The van der Waals surface area contributed by atoms with Crippen LogP contribution in [0.5, 0.6) is 0 Å². The van der Waals surface area contributed by atoms with Crippen molar-refractivity contribution in [3.05, 3.63) is 64.2 Å². The summed E-state index contributed by atoms with van der Waals surface area (Å²) in [6, 6.07) is 12.5. The molecule has 202 valence electrons. The Kier molecular flexibility index (Phi) is 8.24. The van der Waals surface area contributed by atoms with E-state index in [9.17, 15) is 31.7 Å². The van der Waals surface area contributed by atoms with Crippen LogP contribution in [0.15, 0.2) is 48.5 Å². The molecule has 0 radical (unpaired) electrons. The van der Waals surface area contributed by atoms with E-state index in [0.717, 1.165) is 17.8 Å². The first-order valence-electron chi connectivity index (χ1n) is 12.0. The highest BCUT2D eigenvalue weighted by Crippen LogP contribution is 2.38. The molecule has 0 atom stereocenters. The van der Waals surface area contributed by atoms with Crippen LogP contribution in [0.3, 0.4) is 0 Å². The maximum atomic E-state index is 13.2. The molecule has 0 amide bonds. The number of nitro groups is 1. The van der Waals surface area contributed by atoms with Gasteiger partial charge in [0.05, 0.1) is 11.0 Å². The number of nitro benzene ring substituents is 1. The average Bonchev–Trinajstić information content (AvgIpc) is 2.88. The van der Waals surface area contributed by atoms with Crippen molar-refractivity contribution in [2.45, 2.75) is 44.0 Å². The van der Waals surface area contributed by atoms with E-state index in [1.807, 2.05) is 30.3 Å². The van der Waals surface area contributed by atoms with E-state index in [-0.39, 0.29) is 17.8 Å². The quantitative estimate of drug-likeness (QED) is 0.388. The van der Waals surface area contributed by atoms with Crippen LogP contribution in [-0.2, 0) is 20.9 Å². The zero-order valence-electron chi connectivity index (χ0n) is 20.1. The fourth-order valence-electron chi connectivity index (χ4n) is 4.74. The summed E-state index contributed by atoms with van der Waals surface area (Å²) in [5, 5.41) is 13.9. The van der Waals surface area contributed by atoms with Gasteiger partial charge < -0.3 is 15.0 Å². The molecule has 0 spiro atoms. The summed E-state index contributed by atoms with van der Waals surface area (Å²) in [7, 11) is -3.57. The minimum Gasteiger partial charge on any atom is -0.382 e. The van der Waals surface area contributed by atoms with Gasteiger partial charge in [-0.3, -0.25) is 10.1 Å². The molecule has 1 N–H and O–H groups in total. The van der Waals surface area contributed by atoms with Gasteiger partial charge in [-0.25, -0.2) is 8.42 Å². The SMILES string of the molecule is O=[N+]([O-])c1ccc(N[C@H]2CC[C@H](OCS(=O)(=O)N3CCN(c4ccccc4)CC3)CC2)cc1C(F)(F)F. The highest BCUT2D eigenvalue weighted by molar-refractivity contribution is 7.88. The normalized spacial score (nSPS) is 21.5. The second-order valence-corrected chi connectivity index (χ2v) is 11.1. The molecule has 0 aromatic heterocycles. The Morgan fingerprint density at radius 3 is 2.24 bits per heavy atom. The Morgan fingerprint density at radius 2 is 1.65 bits per heavy atom. The Labute approximate surface area is 213 Å². The van der Waals surface area contributed by atoms with Gasteiger partial charge in [-0.05, 0) is 49.9 Å².